The van der Waals surface area contributed by atoms with Crippen LogP contribution in [0.1, 0.15) is 19.3 Å². The molecule has 1 atom stereocenters. The van der Waals surface area contributed by atoms with Gasteiger partial charge in [-0.15, -0.1) is 0 Å². The summed E-state index contributed by atoms with van der Waals surface area (Å²) in [5, 5.41) is 3.99. The van der Waals surface area contributed by atoms with E-state index in [0.717, 1.165) is 38.2 Å². The fraction of sp³-hybridized carbons (Fsp3) is 0.545. The molecule has 15 heavy (non-hydrogen) atoms. The van der Waals surface area contributed by atoms with Gasteiger partial charge in [0.05, 0.1) is 0 Å². The Bertz CT molecular complexity index is 311. The fourth-order valence-corrected chi connectivity index (χ4v) is 1.95. The molecule has 0 spiro atoms. The monoisotopic (exact) mass is 226 g/mol. The molecule has 0 radical (unpaired) electrons. The second kappa shape index (κ2) is 5.33. The van der Waals surface area contributed by atoms with Crippen LogP contribution in [-0.2, 0) is 4.74 Å². The zero-order chi connectivity index (χ0) is 10.5. The highest BCUT2D eigenvalue weighted by molar-refractivity contribution is 6.29. The van der Waals surface area contributed by atoms with Crippen LogP contribution in [0.15, 0.2) is 18.3 Å². The van der Waals surface area contributed by atoms with Crippen LogP contribution < -0.4 is 5.32 Å². The number of ether oxygens (including phenoxy) is 1. The highest BCUT2D eigenvalue weighted by atomic mass is 35.5. The molecule has 0 aliphatic carbocycles. The molecule has 1 aromatic heterocycles. The zero-order valence-corrected chi connectivity index (χ0v) is 9.33. The van der Waals surface area contributed by atoms with E-state index in [-0.39, 0.29) is 0 Å². The summed E-state index contributed by atoms with van der Waals surface area (Å²) in [6.45, 7) is 1.73. The van der Waals surface area contributed by atoms with Crippen LogP contribution in [0.5, 0.6) is 0 Å². The van der Waals surface area contributed by atoms with Gasteiger partial charge in [-0.25, -0.2) is 4.98 Å². The number of hydrogen-bond donors (Lipinski definition) is 1. The summed E-state index contributed by atoms with van der Waals surface area (Å²) < 4.78 is 5.41. The molecule has 1 N–H and O–H groups in total. The Labute approximate surface area is 94.8 Å². The average molecular weight is 227 g/mol. The van der Waals surface area contributed by atoms with E-state index in [2.05, 4.69) is 10.3 Å². The molecule has 1 fully saturated rings. The van der Waals surface area contributed by atoms with Gasteiger partial charge in [0.25, 0.3) is 0 Å². The van der Waals surface area contributed by atoms with Crippen molar-refractivity contribution in [2.45, 2.75) is 25.3 Å². The minimum atomic E-state index is 0.492. The normalized spacial score (nSPS) is 22.1. The van der Waals surface area contributed by atoms with Gasteiger partial charge in [-0.05, 0) is 31.4 Å². The van der Waals surface area contributed by atoms with E-state index < -0.39 is 0 Å². The Morgan fingerprint density at radius 2 is 2.33 bits per heavy atom. The minimum Gasteiger partial charge on any atom is -0.382 e. The first kappa shape index (κ1) is 10.7. The maximum Gasteiger partial charge on any atom is 0.131 e. The van der Waals surface area contributed by atoms with Crippen LogP contribution in [0.25, 0.3) is 0 Å². The summed E-state index contributed by atoms with van der Waals surface area (Å²) in [4.78, 5) is 3.95. The molecular formula is C11H15ClN2O. The SMILES string of the molecule is Clc1cc(NC2CCCOCC2)ccn1. The lowest BCUT2D eigenvalue weighted by atomic mass is 10.1. The number of pyridine rings is 1. The molecule has 0 bridgehead atoms. The van der Waals surface area contributed by atoms with E-state index >= 15 is 0 Å². The Kier molecular flexibility index (Phi) is 3.80. The number of hydrogen-bond acceptors (Lipinski definition) is 3. The highest BCUT2D eigenvalue weighted by Crippen LogP contribution is 2.17. The Morgan fingerprint density at radius 3 is 3.20 bits per heavy atom. The number of anilines is 1. The molecule has 1 aromatic rings. The minimum absolute atomic E-state index is 0.492. The molecule has 1 aliphatic rings. The summed E-state index contributed by atoms with van der Waals surface area (Å²) in [7, 11) is 0. The van der Waals surface area contributed by atoms with Gasteiger partial charge in [-0.3, -0.25) is 0 Å². The molecule has 1 aliphatic heterocycles. The third kappa shape index (κ3) is 3.36. The van der Waals surface area contributed by atoms with Gasteiger partial charge in [0, 0.05) is 31.1 Å². The molecular weight excluding hydrogens is 212 g/mol. The lowest BCUT2D eigenvalue weighted by Crippen LogP contribution is -2.19. The van der Waals surface area contributed by atoms with Gasteiger partial charge < -0.3 is 10.1 Å². The molecule has 0 saturated carbocycles. The standard InChI is InChI=1S/C11H15ClN2O/c12-11-8-10(3-5-13-11)14-9-2-1-6-15-7-4-9/h3,5,8-9H,1-2,4,6-7H2,(H,13,14). The van der Waals surface area contributed by atoms with Gasteiger partial charge in [0.1, 0.15) is 5.15 Å². The predicted octanol–water partition coefficient (Wildman–Crippen LogP) is 2.72. The number of nitrogens with one attached hydrogen (secondary N) is 1. The van der Waals surface area contributed by atoms with Crippen molar-refractivity contribution in [3.63, 3.8) is 0 Å². The third-order valence-corrected chi connectivity index (χ3v) is 2.76. The second-order valence-electron chi connectivity index (χ2n) is 3.75. The second-order valence-corrected chi connectivity index (χ2v) is 4.14. The van der Waals surface area contributed by atoms with Crippen LogP contribution >= 0.6 is 11.6 Å². The lowest BCUT2D eigenvalue weighted by Gasteiger charge is -2.16. The first-order valence-electron chi connectivity index (χ1n) is 5.30. The first-order chi connectivity index (χ1) is 7.34. The molecule has 1 saturated heterocycles. The van der Waals surface area contributed by atoms with Crippen LogP contribution in [-0.4, -0.2) is 24.2 Å². The molecule has 82 valence electrons. The van der Waals surface area contributed by atoms with E-state index in [1.54, 1.807) is 6.20 Å². The van der Waals surface area contributed by atoms with Gasteiger partial charge >= 0.3 is 0 Å². The van der Waals surface area contributed by atoms with Crippen molar-refractivity contribution in [3.05, 3.63) is 23.5 Å². The largest absolute Gasteiger partial charge is 0.382 e. The first-order valence-corrected chi connectivity index (χ1v) is 5.68. The van der Waals surface area contributed by atoms with Gasteiger partial charge in [0.15, 0.2) is 0 Å². The number of rotatable bonds is 2. The van der Waals surface area contributed by atoms with Crippen molar-refractivity contribution >= 4 is 17.3 Å². The zero-order valence-electron chi connectivity index (χ0n) is 8.58. The van der Waals surface area contributed by atoms with Crippen molar-refractivity contribution in [1.82, 2.24) is 4.98 Å². The highest BCUT2D eigenvalue weighted by Gasteiger charge is 2.11. The molecule has 2 rings (SSSR count). The number of halogens is 1. The van der Waals surface area contributed by atoms with Crippen molar-refractivity contribution in [1.29, 1.82) is 0 Å². The fourth-order valence-electron chi connectivity index (χ4n) is 1.78. The predicted molar refractivity (Wildman–Crippen MR) is 61.3 cm³/mol. The van der Waals surface area contributed by atoms with E-state index in [9.17, 15) is 0 Å². The third-order valence-electron chi connectivity index (χ3n) is 2.55. The van der Waals surface area contributed by atoms with E-state index in [1.165, 1.54) is 0 Å². The van der Waals surface area contributed by atoms with E-state index in [0.29, 0.717) is 11.2 Å². The van der Waals surface area contributed by atoms with Crippen LogP contribution in [0.2, 0.25) is 5.15 Å². The molecule has 0 aromatic carbocycles. The van der Waals surface area contributed by atoms with Crippen molar-refractivity contribution < 1.29 is 4.74 Å². The van der Waals surface area contributed by atoms with Crippen molar-refractivity contribution in [3.8, 4) is 0 Å². The topological polar surface area (TPSA) is 34.1 Å². The van der Waals surface area contributed by atoms with Gasteiger partial charge in [0.2, 0.25) is 0 Å². The van der Waals surface area contributed by atoms with Crippen LogP contribution in [0.3, 0.4) is 0 Å². The summed E-state index contributed by atoms with van der Waals surface area (Å²) in [6, 6.07) is 4.29. The Balaban J connectivity index is 1.95. The van der Waals surface area contributed by atoms with Crippen LogP contribution in [0.4, 0.5) is 5.69 Å². The van der Waals surface area contributed by atoms with E-state index in [4.69, 9.17) is 16.3 Å². The Morgan fingerprint density at radius 1 is 1.40 bits per heavy atom. The average Bonchev–Trinajstić information content (AvgIpc) is 2.46. The summed E-state index contributed by atoms with van der Waals surface area (Å²) in [5.41, 5.74) is 1.04. The molecule has 3 nitrogen and oxygen atoms in total. The molecule has 0 amide bonds. The maximum atomic E-state index is 5.82. The maximum absolute atomic E-state index is 5.82. The van der Waals surface area contributed by atoms with Crippen molar-refractivity contribution in [2.75, 3.05) is 18.5 Å². The van der Waals surface area contributed by atoms with Gasteiger partial charge in [-0.2, -0.15) is 0 Å². The number of aromatic nitrogens is 1. The lowest BCUT2D eigenvalue weighted by molar-refractivity contribution is 0.144. The molecule has 4 heteroatoms. The molecule has 1 unspecified atom stereocenters. The van der Waals surface area contributed by atoms with Crippen molar-refractivity contribution in [2.24, 2.45) is 0 Å². The summed E-state index contributed by atoms with van der Waals surface area (Å²) >= 11 is 5.82. The summed E-state index contributed by atoms with van der Waals surface area (Å²) in [6.07, 6.45) is 5.05. The number of nitrogens with zero attached hydrogens (tertiary/aromatic N) is 1. The smallest absolute Gasteiger partial charge is 0.131 e. The quantitative estimate of drug-likeness (QED) is 0.788. The van der Waals surface area contributed by atoms with Gasteiger partial charge in [-0.1, -0.05) is 11.6 Å². The summed E-state index contributed by atoms with van der Waals surface area (Å²) in [5.74, 6) is 0. The van der Waals surface area contributed by atoms with E-state index in [1.807, 2.05) is 12.1 Å². The Hall–Kier alpha value is -0.800. The molecule has 2 heterocycles. The van der Waals surface area contributed by atoms with Crippen LogP contribution in [0, 0.1) is 0 Å².